The maximum atomic E-state index is 11.6. The molecule has 1 aromatic rings. The average Bonchev–Trinajstić information content (AvgIpc) is 3.02. The summed E-state index contributed by atoms with van der Waals surface area (Å²) < 4.78 is 43.9. The number of carbonyl (C=O) groups excluding carboxylic acids is 1. The maximum absolute atomic E-state index is 11.6. The number of rotatable bonds is 5. The minimum atomic E-state index is -5.08. The molecule has 3 heterocycles. The fourth-order valence-corrected chi connectivity index (χ4v) is 3.56. The van der Waals surface area contributed by atoms with Crippen LogP contribution < -0.4 is 10.6 Å². The molecule has 1 spiro atoms. The number of amides is 2. The van der Waals surface area contributed by atoms with Crippen LogP contribution in [-0.4, -0.2) is 84.3 Å². The van der Waals surface area contributed by atoms with E-state index in [-0.39, 0.29) is 17.7 Å². The number of carboxylic acid groups (broad SMARTS) is 1. The lowest BCUT2D eigenvalue weighted by Gasteiger charge is -2.32. The van der Waals surface area contributed by atoms with E-state index in [0.29, 0.717) is 26.3 Å². The first-order valence-corrected chi connectivity index (χ1v) is 10.3. The lowest BCUT2D eigenvalue weighted by atomic mass is 10.00. The predicted molar refractivity (Wildman–Crippen MR) is 108 cm³/mol. The number of alkyl halides is 3. The summed E-state index contributed by atoms with van der Waals surface area (Å²) >= 11 is 0. The number of hydrogen-bond donors (Lipinski definition) is 3. The summed E-state index contributed by atoms with van der Waals surface area (Å²) in [6, 6.07) is 3.93. The van der Waals surface area contributed by atoms with Crippen molar-refractivity contribution in [3.8, 4) is 0 Å². The van der Waals surface area contributed by atoms with Crippen LogP contribution in [-0.2, 0) is 20.8 Å². The minimum Gasteiger partial charge on any atom is -0.475 e. The summed E-state index contributed by atoms with van der Waals surface area (Å²) in [6.07, 6.45) is 0.564. The molecule has 2 fully saturated rings. The summed E-state index contributed by atoms with van der Waals surface area (Å²) in [4.78, 5) is 27.0. The van der Waals surface area contributed by atoms with Crippen molar-refractivity contribution >= 4 is 12.0 Å². The second-order valence-electron chi connectivity index (χ2n) is 7.63. The molecule has 2 amide bonds. The third kappa shape index (κ3) is 8.60. The molecule has 0 saturated carbocycles. The molecule has 12 heteroatoms. The van der Waals surface area contributed by atoms with Gasteiger partial charge in [-0.3, -0.25) is 9.88 Å². The summed E-state index contributed by atoms with van der Waals surface area (Å²) in [5, 5.41) is 12.7. The van der Waals surface area contributed by atoms with Crippen molar-refractivity contribution in [2.45, 2.75) is 44.2 Å². The van der Waals surface area contributed by atoms with E-state index in [1.54, 1.807) is 6.20 Å². The van der Waals surface area contributed by atoms with Crippen LogP contribution in [0.3, 0.4) is 0 Å². The highest BCUT2D eigenvalue weighted by atomic mass is 19.4. The van der Waals surface area contributed by atoms with Gasteiger partial charge < -0.3 is 25.2 Å². The summed E-state index contributed by atoms with van der Waals surface area (Å²) in [7, 11) is 0. The largest absolute Gasteiger partial charge is 0.490 e. The van der Waals surface area contributed by atoms with Gasteiger partial charge in [-0.25, -0.2) is 9.59 Å². The number of nitrogens with zero attached hydrogens (tertiary/aromatic N) is 2. The van der Waals surface area contributed by atoms with Crippen LogP contribution in [0.2, 0.25) is 0 Å². The van der Waals surface area contributed by atoms with E-state index in [4.69, 9.17) is 19.4 Å². The number of nitrogens with one attached hydrogen (secondary N) is 2. The number of urea groups is 1. The number of carboxylic acids is 1. The second kappa shape index (κ2) is 12.0. The maximum Gasteiger partial charge on any atom is 0.490 e. The second-order valence-corrected chi connectivity index (χ2v) is 7.63. The Labute approximate surface area is 184 Å². The molecule has 1 aromatic heterocycles. The van der Waals surface area contributed by atoms with Crippen LogP contribution in [0.15, 0.2) is 24.5 Å². The molecule has 2 aliphatic heterocycles. The fourth-order valence-electron chi connectivity index (χ4n) is 3.56. The Kier molecular flexibility index (Phi) is 9.66. The number of aliphatic carboxylic acids is 1. The molecule has 32 heavy (non-hydrogen) atoms. The standard InChI is InChI=1S/C18H28N4O3.C2HF3O2/c1-2-20-17(23)21-11-16-5-6-18(25-16)13-22(8-9-24-14-18)12-15-4-3-7-19-10-15;3-2(4,5)1(6)7/h3-4,7,10,16H,2,5-6,8-9,11-14H2,1H3,(H2,20,21,23);(H,6,7). The van der Waals surface area contributed by atoms with E-state index in [2.05, 4.69) is 26.6 Å². The third-order valence-corrected chi connectivity index (χ3v) is 4.97. The number of ether oxygens (including phenoxy) is 2. The Balaban J connectivity index is 0.000000451. The highest BCUT2D eigenvalue weighted by Crippen LogP contribution is 2.33. The molecular formula is C20H29F3N4O5. The van der Waals surface area contributed by atoms with Gasteiger partial charge in [0.2, 0.25) is 0 Å². The van der Waals surface area contributed by atoms with Gasteiger partial charge >= 0.3 is 18.2 Å². The number of aromatic nitrogens is 1. The van der Waals surface area contributed by atoms with Crippen LogP contribution >= 0.6 is 0 Å². The highest BCUT2D eigenvalue weighted by molar-refractivity contribution is 5.73. The molecule has 2 atom stereocenters. The van der Waals surface area contributed by atoms with Crippen molar-refractivity contribution in [2.24, 2.45) is 0 Å². The number of hydrogen-bond acceptors (Lipinski definition) is 6. The number of pyridine rings is 1. The zero-order valence-electron chi connectivity index (χ0n) is 17.9. The van der Waals surface area contributed by atoms with Gasteiger partial charge in [0.25, 0.3) is 0 Å². The van der Waals surface area contributed by atoms with Gasteiger partial charge in [0.1, 0.15) is 5.60 Å². The lowest BCUT2D eigenvalue weighted by molar-refractivity contribution is -0.192. The van der Waals surface area contributed by atoms with E-state index in [9.17, 15) is 18.0 Å². The zero-order chi connectivity index (χ0) is 23.6. The van der Waals surface area contributed by atoms with Gasteiger partial charge in [0.15, 0.2) is 0 Å². The monoisotopic (exact) mass is 462 g/mol. The van der Waals surface area contributed by atoms with Crippen molar-refractivity contribution in [1.82, 2.24) is 20.5 Å². The Morgan fingerprint density at radius 2 is 2.12 bits per heavy atom. The zero-order valence-corrected chi connectivity index (χ0v) is 17.9. The van der Waals surface area contributed by atoms with E-state index in [0.717, 1.165) is 32.5 Å². The quantitative estimate of drug-likeness (QED) is 0.612. The van der Waals surface area contributed by atoms with Crippen LogP contribution in [0.4, 0.5) is 18.0 Å². The summed E-state index contributed by atoms with van der Waals surface area (Å²) in [5.74, 6) is -2.76. The molecule has 0 radical (unpaired) electrons. The van der Waals surface area contributed by atoms with Gasteiger partial charge in [0.05, 0.1) is 19.3 Å². The molecule has 2 unspecified atom stereocenters. The Morgan fingerprint density at radius 1 is 1.38 bits per heavy atom. The van der Waals surface area contributed by atoms with Crippen molar-refractivity contribution < 1.29 is 37.3 Å². The van der Waals surface area contributed by atoms with Gasteiger partial charge in [0, 0.05) is 45.1 Å². The number of halogens is 3. The van der Waals surface area contributed by atoms with E-state index >= 15 is 0 Å². The average molecular weight is 462 g/mol. The Hall–Kier alpha value is -2.44. The first-order valence-electron chi connectivity index (χ1n) is 10.3. The number of carbonyl (C=O) groups is 2. The molecule has 9 nitrogen and oxygen atoms in total. The molecule has 0 aromatic carbocycles. The van der Waals surface area contributed by atoms with Crippen molar-refractivity contribution in [1.29, 1.82) is 0 Å². The first kappa shape index (κ1) is 25.8. The Bertz CT molecular complexity index is 738. The molecule has 3 N–H and O–H groups in total. The predicted octanol–water partition coefficient (Wildman–Crippen LogP) is 1.78. The lowest BCUT2D eigenvalue weighted by Crippen LogP contribution is -2.46. The van der Waals surface area contributed by atoms with Crippen molar-refractivity contribution in [2.75, 3.05) is 39.4 Å². The minimum absolute atomic E-state index is 0.0459. The topological polar surface area (TPSA) is 113 Å². The van der Waals surface area contributed by atoms with Crippen LogP contribution in [0.5, 0.6) is 0 Å². The molecule has 180 valence electrons. The summed E-state index contributed by atoms with van der Waals surface area (Å²) in [6.45, 7) is 6.99. The first-order chi connectivity index (χ1) is 15.1. The highest BCUT2D eigenvalue weighted by Gasteiger charge is 2.43. The van der Waals surface area contributed by atoms with E-state index in [1.165, 1.54) is 5.56 Å². The van der Waals surface area contributed by atoms with E-state index < -0.39 is 12.1 Å². The van der Waals surface area contributed by atoms with Crippen molar-refractivity contribution in [3.63, 3.8) is 0 Å². The van der Waals surface area contributed by atoms with Gasteiger partial charge in [-0.05, 0) is 31.4 Å². The normalized spacial score (nSPS) is 23.7. The summed E-state index contributed by atoms with van der Waals surface area (Å²) in [5.41, 5.74) is 0.929. The van der Waals surface area contributed by atoms with Gasteiger partial charge in [-0.2, -0.15) is 13.2 Å². The van der Waals surface area contributed by atoms with Crippen LogP contribution in [0.1, 0.15) is 25.3 Å². The molecule has 0 aliphatic carbocycles. The molecule has 0 bridgehead atoms. The van der Waals surface area contributed by atoms with Gasteiger partial charge in [-0.15, -0.1) is 0 Å². The molecule has 3 rings (SSSR count). The smallest absolute Gasteiger partial charge is 0.475 e. The SMILES string of the molecule is CCNC(=O)NCC1CCC2(COCCN(Cc3cccnc3)C2)O1.O=C(O)C(F)(F)F. The van der Waals surface area contributed by atoms with Crippen LogP contribution in [0, 0.1) is 0 Å². The molecule has 2 aliphatic rings. The fraction of sp³-hybridized carbons (Fsp3) is 0.650. The van der Waals surface area contributed by atoms with Crippen molar-refractivity contribution in [3.05, 3.63) is 30.1 Å². The Morgan fingerprint density at radius 3 is 2.75 bits per heavy atom. The van der Waals surface area contributed by atoms with Gasteiger partial charge in [-0.1, -0.05) is 6.07 Å². The molecule has 2 saturated heterocycles. The molecular weight excluding hydrogens is 433 g/mol. The third-order valence-electron chi connectivity index (χ3n) is 4.97. The van der Waals surface area contributed by atoms with Crippen LogP contribution in [0.25, 0.3) is 0 Å². The van der Waals surface area contributed by atoms with E-state index in [1.807, 2.05) is 19.2 Å².